The van der Waals surface area contributed by atoms with Crippen LogP contribution in [0.15, 0.2) is 46.3 Å². The lowest BCUT2D eigenvalue weighted by atomic mass is 10.0. The van der Waals surface area contributed by atoms with Crippen molar-refractivity contribution in [1.29, 1.82) is 0 Å². The van der Waals surface area contributed by atoms with Crippen molar-refractivity contribution in [3.05, 3.63) is 47.0 Å². The summed E-state index contributed by atoms with van der Waals surface area (Å²) in [6.07, 6.45) is 5.53. The van der Waals surface area contributed by atoms with Crippen LogP contribution < -0.4 is 10.3 Å². The number of aryl methyl sites for hydroxylation is 1. The van der Waals surface area contributed by atoms with E-state index in [1.54, 1.807) is 37.6 Å². The van der Waals surface area contributed by atoms with Crippen LogP contribution in [0.2, 0.25) is 0 Å². The Morgan fingerprint density at radius 2 is 2.11 bits per heavy atom. The number of H-pyrrole nitrogens is 1. The van der Waals surface area contributed by atoms with Crippen LogP contribution in [-0.2, 0) is 21.6 Å². The zero-order valence-electron chi connectivity index (χ0n) is 15.8. The standard InChI is InChI=1S/C20H22N2O5S/c1-22-7-5-15-17(10-21-19(15)20(22)23)16-9-14(28(2,24)25)3-4-18(16)27-12-13-6-8-26-11-13/h3-5,7,9-10,13,21H,6,8,11-12H2,1-2H3. The van der Waals surface area contributed by atoms with E-state index in [9.17, 15) is 13.2 Å². The Bertz CT molecular complexity index is 1190. The van der Waals surface area contributed by atoms with Gasteiger partial charge < -0.3 is 19.0 Å². The molecule has 1 atom stereocenters. The number of hydrogen-bond donors (Lipinski definition) is 1. The lowest BCUT2D eigenvalue weighted by Crippen LogP contribution is -2.15. The first-order valence-electron chi connectivity index (χ1n) is 9.06. The Morgan fingerprint density at radius 3 is 2.82 bits per heavy atom. The molecule has 1 aliphatic heterocycles. The van der Waals surface area contributed by atoms with Gasteiger partial charge >= 0.3 is 0 Å². The summed E-state index contributed by atoms with van der Waals surface area (Å²) in [5, 5.41) is 0.725. The van der Waals surface area contributed by atoms with Crippen molar-refractivity contribution in [2.75, 3.05) is 26.1 Å². The van der Waals surface area contributed by atoms with E-state index in [-0.39, 0.29) is 10.5 Å². The number of pyridine rings is 1. The van der Waals surface area contributed by atoms with Crippen molar-refractivity contribution in [3.8, 4) is 16.9 Å². The first-order chi connectivity index (χ1) is 13.3. The van der Waals surface area contributed by atoms with Gasteiger partial charge in [0.1, 0.15) is 11.3 Å². The molecule has 3 aromatic rings. The second-order valence-corrected chi connectivity index (χ2v) is 9.21. The molecule has 3 heterocycles. The molecule has 1 saturated heterocycles. The van der Waals surface area contributed by atoms with E-state index in [2.05, 4.69) is 4.98 Å². The number of fused-ring (bicyclic) bond motifs is 1. The number of aromatic amines is 1. The summed E-state index contributed by atoms with van der Waals surface area (Å²) >= 11 is 0. The fourth-order valence-electron chi connectivity index (χ4n) is 3.44. The Kier molecular flexibility index (Phi) is 4.76. The second kappa shape index (κ2) is 7.10. The normalized spacial score (nSPS) is 17.3. The molecule has 1 aliphatic rings. The lowest BCUT2D eigenvalue weighted by Gasteiger charge is -2.15. The van der Waals surface area contributed by atoms with Gasteiger partial charge in [-0.15, -0.1) is 0 Å². The predicted molar refractivity (Wildman–Crippen MR) is 107 cm³/mol. The molecular weight excluding hydrogens is 380 g/mol. The van der Waals surface area contributed by atoms with E-state index in [1.165, 1.54) is 10.8 Å². The highest BCUT2D eigenvalue weighted by atomic mass is 32.2. The van der Waals surface area contributed by atoms with Crippen molar-refractivity contribution in [3.63, 3.8) is 0 Å². The Hall–Kier alpha value is -2.58. The summed E-state index contributed by atoms with van der Waals surface area (Å²) in [6.45, 7) is 1.90. The second-order valence-electron chi connectivity index (χ2n) is 7.19. The van der Waals surface area contributed by atoms with Crippen LogP contribution in [-0.4, -0.2) is 44.0 Å². The highest BCUT2D eigenvalue weighted by Crippen LogP contribution is 2.36. The molecule has 0 amide bonds. The van der Waals surface area contributed by atoms with E-state index >= 15 is 0 Å². The van der Waals surface area contributed by atoms with Crippen LogP contribution in [0.1, 0.15) is 6.42 Å². The molecule has 28 heavy (non-hydrogen) atoms. The Balaban J connectivity index is 1.83. The summed E-state index contributed by atoms with van der Waals surface area (Å²) in [5.74, 6) is 0.901. The van der Waals surface area contributed by atoms with Gasteiger partial charge in [-0.2, -0.15) is 0 Å². The fourth-order valence-corrected chi connectivity index (χ4v) is 4.08. The molecule has 1 N–H and O–H groups in total. The number of ether oxygens (including phenoxy) is 2. The number of hydrogen-bond acceptors (Lipinski definition) is 5. The molecule has 0 radical (unpaired) electrons. The zero-order chi connectivity index (χ0) is 19.9. The molecule has 0 saturated carbocycles. The van der Waals surface area contributed by atoms with Gasteiger partial charge in [0.15, 0.2) is 9.84 Å². The average Bonchev–Trinajstić information content (AvgIpc) is 3.32. The van der Waals surface area contributed by atoms with Crippen LogP contribution >= 0.6 is 0 Å². The topological polar surface area (TPSA) is 90.4 Å². The first kappa shape index (κ1) is 18.8. The van der Waals surface area contributed by atoms with Crippen molar-refractivity contribution >= 4 is 20.7 Å². The third-order valence-electron chi connectivity index (χ3n) is 5.09. The van der Waals surface area contributed by atoms with Crippen LogP contribution in [0.5, 0.6) is 5.75 Å². The highest BCUT2D eigenvalue weighted by molar-refractivity contribution is 7.90. The zero-order valence-corrected chi connectivity index (χ0v) is 16.6. The van der Waals surface area contributed by atoms with E-state index < -0.39 is 9.84 Å². The van der Waals surface area contributed by atoms with E-state index in [0.29, 0.717) is 36.0 Å². The number of nitrogens with one attached hydrogen (secondary N) is 1. The maximum atomic E-state index is 12.4. The Morgan fingerprint density at radius 1 is 1.29 bits per heavy atom. The summed E-state index contributed by atoms with van der Waals surface area (Å²) in [6, 6.07) is 6.68. The summed E-state index contributed by atoms with van der Waals surface area (Å²) in [7, 11) is -1.70. The molecule has 0 spiro atoms. The van der Waals surface area contributed by atoms with Gasteiger partial charge in [0.05, 0.1) is 18.1 Å². The Labute approximate surface area is 162 Å². The molecule has 4 rings (SSSR count). The molecule has 148 valence electrons. The van der Waals surface area contributed by atoms with Gasteiger partial charge in [0.2, 0.25) is 0 Å². The SMILES string of the molecule is Cn1ccc2c(-c3cc(S(C)(=O)=O)ccc3OCC3CCOC3)c[nH]c2c1=O. The highest BCUT2D eigenvalue weighted by Gasteiger charge is 2.20. The van der Waals surface area contributed by atoms with Crippen molar-refractivity contribution in [2.24, 2.45) is 13.0 Å². The number of aromatic nitrogens is 2. The smallest absolute Gasteiger partial charge is 0.274 e. The van der Waals surface area contributed by atoms with Gasteiger partial charge in [0.25, 0.3) is 5.56 Å². The molecule has 1 unspecified atom stereocenters. The van der Waals surface area contributed by atoms with E-state index in [0.717, 1.165) is 24.0 Å². The van der Waals surface area contributed by atoms with Crippen LogP contribution in [0, 0.1) is 5.92 Å². The molecule has 7 nitrogen and oxygen atoms in total. The molecule has 2 aromatic heterocycles. The van der Waals surface area contributed by atoms with Crippen molar-refractivity contribution in [2.45, 2.75) is 11.3 Å². The molecular formula is C20H22N2O5S. The number of sulfone groups is 1. The van der Waals surface area contributed by atoms with Crippen LogP contribution in [0.3, 0.4) is 0 Å². The third kappa shape index (κ3) is 3.45. The van der Waals surface area contributed by atoms with Crippen molar-refractivity contribution < 1.29 is 17.9 Å². The summed E-state index contributed by atoms with van der Waals surface area (Å²) in [4.78, 5) is 15.6. The van der Waals surface area contributed by atoms with Gasteiger partial charge in [0, 0.05) is 54.7 Å². The van der Waals surface area contributed by atoms with E-state index in [4.69, 9.17) is 9.47 Å². The number of benzene rings is 1. The summed E-state index contributed by atoms with van der Waals surface area (Å²) in [5.41, 5.74) is 1.70. The molecule has 0 bridgehead atoms. The van der Waals surface area contributed by atoms with Gasteiger partial charge in [-0.1, -0.05) is 0 Å². The minimum Gasteiger partial charge on any atom is -0.493 e. The largest absolute Gasteiger partial charge is 0.493 e. The first-order valence-corrected chi connectivity index (χ1v) is 11.0. The maximum Gasteiger partial charge on any atom is 0.274 e. The van der Waals surface area contributed by atoms with Gasteiger partial charge in [-0.05, 0) is 30.7 Å². The van der Waals surface area contributed by atoms with Crippen LogP contribution in [0.4, 0.5) is 0 Å². The fraction of sp³-hybridized carbons (Fsp3) is 0.350. The van der Waals surface area contributed by atoms with Gasteiger partial charge in [-0.25, -0.2) is 8.42 Å². The van der Waals surface area contributed by atoms with E-state index in [1.807, 2.05) is 6.07 Å². The molecule has 1 fully saturated rings. The summed E-state index contributed by atoms with van der Waals surface area (Å²) < 4.78 is 37.1. The maximum absolute atomic E-state index is 12.4. The monoisotopic (exact) mass is 402 g/mol. The number of rotatable bonds is 5. The minimum atomic E-state index is -3.38. The molecule has 8 heteroatoms. The third-order valence-corrected chi connectivity index (χ3v) is 6.20. The van der Waals surface area contributed by atoms with Crippen molar-refractivity contribution in [1.82, 2.24) is 9.55 Å². The number of nitrogens with zero attached hydrogens (tertiary/aromatic N) is 1. The minimum absolute atomic E-state index is 0.145. The van der Waals surface area contributed by atoms with Crippen LogP contribution in [0.25, 0.3) is 22.0 Å². The molecule has 1 aromatic carbocycles. The predicted octanol–water partition coefficient (Wildman–Crippen LogP) is 2.35. The lowest BCUT2D eigenvalue weighted by molar-refractivity contribution is 0.167. The van der Waals surface area contributed by atoms with Gasteiger partial charge in [-0.3, -0.25) is 4.79 Å². The quantitative estimate of drug-likeness (QED) is 0.708. The average molecular weight is 402 g/mol. The molecule has 0 aliphatic carbocycles.